The summed E-state index contributed by atoms with van der Waals surface area (Å²) in [6.45, 7) is 7.68. The predicted molar refractivity (Wildman–Crippen MR) is 242 cm³/mol. The fraction of sp³-hybridized carbons (Fsp3) is 0.588. The van der Waals surface area contributed by atoms with E-state index in [0.29, 0.717) is 91.6 Å². The summed E-state index contributed by atoms with van der Waals surface area (Å²) in [6.07, 6.45) is 11.4. The topological polar surface area (TPSA) is 179 Å². The number of hydrogen-bond donors (Lipinski definition) is 7. The number of nitrogens with zero attached hydrogens (tertiary/aromatic N) is 1. The number of aliphatic imine (C=N–C) groups is 1. The Hall–Kier alpha value is -4.45. The molecule has 0 saturated heterocycles. The van der Waals surface area contributed by atoms with Crippen molar-refractivity contribution < 1.29 is 39.7 Å². The number of nitrogens with one attached hydrogen (secondary N) is 1. The lowest BCUT2D eigenvalue weighted by Crippen LogP contribution is -2.41. The molecule has 3 aromatic carbocycles. The molecule has 1 saturated carbocycles. The normalized spacial score (nSPS) is 30.0. The maximum Gasteiger partial charge on any atom is 0.188 e. The molecule has 8 bridgehead atoms. The quantitative estimate of drug-likeness (QED) is 0.125. The SMILES string of the molecule is CCC1CC2C=CC1CC(O)CCCN=C(N)NCCC1C(CO)CCCC1Oc1cc(ccc1O)C1Oc3cc(OC)c4c(c3CC1O)C2Cc1cc(O)c(CC(C)C)cc1-4. The summed E-state index contributed by atoms with van der Waals surface area (Å²) >= 11 is 0. The third kappa shape index (κ3) is 9.13. The zero-order valence-corrected chi connectivity index (χ0v) is 37.1. The highest BCUT2D eigenvalue weighted by Crippen LogP contribution is 2.56. The summed E-state index contributed by atoms with van der Waals surface area (Å²) in [6, 6.07) is 11.3. The Morgan fingerprint density at radius 2 is 1.73 bits per heavy atom. The molecule has 62 heavy (non-hydrogen) atoms. The van der Waals surface area contributed by atoms with Crippen molar-refractivity contribution in [2.45, 2.75) is 128 Å². The molecule has 5 heterocycles. The van der Waals surface area contributed by atoms with Gasteiger partial charge in [0.2, 0.25) is 0 Å². The number of hydrogen-bond acceptors (Lipinski definition) is 11. The Balaban J connectivity index is 1.22. The Bertz CT molecular complexity index is 2120. The van der Waals surface area contributed by atoms with Crippen LogP contribution in [0, 0.1) is 35.5 Å². The van der Waals surface area contributed by atoms with Crippen molar-refractivity contribution in [1.82, 2.24) is 5.32 Å². The van der Waals surface area contributed by atoms with Crippen molar-refractivity contribution >= 4 is 5.96 Å². The lowest BCUT2D eigenvalue weighted by molar-refractivity contribution is 0.0166. The number of aliphatic hydroxyl groups is 3. The van der Waals surface area contributed by atoms with Crippen LogP contribution in [0.15, 0.2) is 53.5 Å². The predicted octanol–water partition coefficient (Wildman–Crippen LogP) is 7.86. The molecule has 0 radical (unpaired) electrons. The summed E-state index contributed by atoms with van der Waals surface area (Å²) in [7, 11) is 1.70. The number of methoxy groups -OCH3 is 1. The first-order valence-electron chi connectivity index (χ1n) is 23.4. The lowest BCUT2D eigenvalue weighted by Gasteiger charge is -2.42. The summed E-state index contributed by atoms with van der Waals surface area (Å²) < 4.78 is 19.8. The van der Waals surface area contributed by atoms with E-state index in [2.05, 4.69) is 49.3 Å². The fourth-order valence-corrected chi connectivity index (χ4v) is 11.6. The van der Waals surface area contributed by atoms with Crippen LogP contribution in [0.1, 0.15) is 118 Å². The minimum Gasteiger partial charge on any atom is -0.508 e. The molecular formula is C51H69N3O8. The van der Waals surface area contributed by atoms with Crippen LogP contribution >= 0.6 is 0 Å². The number of rotatable bonds is 5. The molecule has 8 aliphatic rings. The summed E-state index contributed by atoms with van der Waals surface area (Å²) in [5, 5.41) is 59.6. The molecular weight excluding hydrogens is 783 g/mol. The van der Waals surface area contributed by atoms with Gasteiger partial charge in [-0.05, 0) is 152 Å². The molecule has 8 N–H and O–H groups in total. The van der Waals surface area contributed by atoms with Crippen molar-refractivity contribution in [2.24, 2.45) is 46.2 Å². The first-order chi connectivity index (χ1) is 30.0. The number of allylic oxidation sites excluding steroid dienone is 2. The molecule has 10 atom stereocenters. The van der Waals surface area contributed by atoms with Crippen molar-refractivity contribution in [1.29, 1.82) is 0 Å². The third-order valence-corrected chi connectivity index (χ3v) is 14.8. The van der Waals surface area contributed by atoms with Gasteiger partial charge in [0, 0.05) is 49.2 Å². The number of ether oxygens (including phenoxy) is 3. The minimum atomic E-state index is -0.898. The van der Waals surface area contributed by atoms with Gasteiger partial charge in [-0.1, -0.05) is 45.4 Å². The first kappa shape index (κ1) is 44.2. The van der Waals surface area contributed by atoms with E-state index in [9.17, 15) is 25.5 Å². The van der Waals surface area contributed by atoms with Crippen molar-refractivity contribution in [3.63, 3.8) is 0 Å². The van der Waals surface area contributed by atoms with Crippen LogP contribution in [-0.4, -0.2) is 76.6 Å². The van der Waals surface area contributed by atoms with Gasteiger partial charge < -0.3 is 50.8 Å². The van der Waals surface area contributed by atoms with E-state index in [1.807, 2.05) is 12.1 Å². The zero-order valence-electron chi connectivity index (χ0n) is 37.1. The summed E-state index contributed by atoms with van der Waals surface area (Å²) in [4.78, 5) is 4.56. The molecule has 11 heteroatoms. The fourth-order valence-electron chi connectivity index (χ4n) is 11.6. The molecule has 5 aliphatic heterocycles. The van der Waals surface area contributed by atoms with E-state index in [1.165, 1.54) is 0 Å². The average molecular weight is 852 g/mol. The van der Waals surface area contributed by atoms with Crippen molar-refractivity contribution in [3.8, 4) is 39.9 Å². The maximum atomic E-state index is 12.2. The van der Waals surface area contributed by atoms with E-state index < -0.39 is 18.3 Å². The number of aromatic hydroxyl groups is 2. The van der Waals surface area contributed by atoms with Crippen LogP contribution in [0.25, 0.3) is 11.1 Å². The standard InChI is InChI=1S/C51H69N3O8/c1-5-29-19-31-12-11-30(29)20-36(56)9-7-16-53-51(52)54-17-15-37-33(27-55)8-6-10-44(37)61-46-24-32(13-14-41(46)57)50-43(59)25-40-45(62-50)26-47(60-4)49-39-22-35(18-28(2)3)42(58)23-34(39)21-38(31)48(40)49/h11-14,22-24,26,28-31,33,36-38,43-44,50,55-59H,5-10,15-21,25,27H2,1-4H3,(H3,52,53,54). The number of phenols is 2. The van der Waals surface area contributed by atoms with Crippen LogP contribution < -0.4 is 25.3 Å². The van der Waals surface area contributed by atoms with Gasteiger partial charge in [-0.25, -0.2) is 0 Å². The number of nitrogens with two attached hydrogens (primary N) is 1. The summed E-state index contributed by atoms with van der Waals surface area (Å²) in [5.41, 5.74) is 13.2. The van der Waals surface area contributed by atoms with Gasteiger partial charge in [0.1, 0.15) is 29.5 Å². The van der Waals surface area contributed by atoms with Gasteiger partial charge in [-0.2, -0.15) is 0 Å². The molecule has 0 amide bonds. The average Bonchev–Trinajstić information content (AvgIpc) is 3.25. The van der Waals surface area contributed by atoms with Gasteiger partial charge >= 0.3 is 0 Å². The number of phenolic OH excluding ortho intramolecular Hbond substituents is 2. The van der Waals surface area contributed by atoms with Crippen LogP contribution in [-0.2, 0) is 19.3 Å². The molecule has 3 aliphatic carbocycles. The zero-order chi connectivity index (χ0) is 43.7. The summed E-state index contributed by atoms with van der Waals surface area (Å²) in [5.74, 6) is 3.58. The smallest absolute Gasteiger partial charge is 0.188 e. The van der Waals surface area contributed by atoms with E-state index >= 15 is 0 Å². The van der Waals surface area contributed by atoms with E-state index in [0.717, 1.165) is 78.3 Å². The third-order valence-electron chi connectivity index (χ3n) is 14.8. The molecule has 11 rings (SSSR count). The Labute approximate surface area is 367 Å². The van der Waals surface area contributed by atoms with Gasteiger partial charge in [0.25, 0.3) is 0 Å². The second-order valence-corrected chi connectivity index (χ2v) is 19.3. The monoisotopic (exact) mass is 852 g/mol. The molecule has 0 spiro atoms. The van der Waals surface area contributed by atoms with Gasteiger partial charge in [0.05, 0.1) is 19.3 Å². The lowest BCUT2D eigenvalue weighted by atomic mass is 9.64. The largest absolute Gasteiger partial charge is 0.508 e. The molecule has 1 fully saturated rings. The highest BCUT2D eigenvalue weighted by molar-refractivity contribution is 5.84. The molecule has 11 nitrogen and oxygen atoms in total. The number of guanidine groups is 1. The number of aliphatic hydroxyl groups excluding tert-OH is 3. The Kier molecular flexibility index (Phi) is 13.6. The van der Waals surface area contributed by atoms with E-state index in [1.54, 1.807) is 25.3 Å². The maximum absolute atomic E-state index is 12.2. The second-order valence-electron chi connectivity index (χ2n) is 19.3. The van der Waals surface area contributed by atoms with Crippen LogP contribution in [0.2, 0.25) is 0 Å². The van der Waals surface area contributed by atoms with Crippen LogP contribution in [0.5, 0.6) is 28.7 Å². The van der Waals surface area contributed by atoms with Gasteiger partial charge in [-0.15, -0.1) is 0 Å². The number of fused-ring (bicyclic) bond motifs is 2. The molecule has 3 aromatic rings. The molecule has 0 aromatic heterocycles. The van der Waals surface area contributed by atoms with E-state index in [4.69, 9.17) is 19.9 Å². The van der Waals surface area contributed by atoms with E-state index in [-0.39, 0.29) is 48.0 Å². The van der Waals surface area contributed by atoms with Gasteiger partial charge in [-0.3, -0.25) is 4.99 Å². The highest BCUT2D eigenvalue weighted by atomic mass is 16.5. The number of benzene rings is 3. The van der Waals surface area contributed by atoms with Crippen molar-refractivity contribution in [2.75, 3.05) is 26.8 Å². The van der Waals surface area contributed by atoms with Crippen molar-refractivity contribution in [3.05, 3.63) is 76.4 Å². The Morgan fingerprint density at radius 3 is 2.50 bits per heavy atom. The highest BCUT2D eigenvalue weighted by Gasteiger charge is 2.42. The van der Waals surface area contributed by atoms with Crippen LogP contribution in [0.4, 0.5) is 0 Å². The molecule has 336 valence electrons. The van der Waals surface area contributed by atoms with Gasteiger partial charge in [0.15, 0.2) is 17.5 Å². The Morgan fingerprint density at radius 1 is 0.903 bits per heavy atom. The first-order valence-corrected chi connectivity index (χ1v) is 23.4. The second kappa shape index (κ2) is 19.1. The minimum absolute atomic E-state index is 0.00498. The van der Waals surface area contributed by atoms with Crippen LogP contribution in [0.3, 0.4) is 0 Å². The molecule has 10 unspecified atom stereocenters.